The van der Waals surface area contributed by atoms with E-state index in [-0.39, 0.29) is 11.9 Å². The van der Waals surface area contributed by atoms with E-state index in [0.29, 0.717) is 23.2 Å². The van der Waals surface area contributed by atoms with E-state index in [2.05, 4.69) is 5.32 Å². The van der Waals surface area contributed by atoms with Gasteiger partial charge in [0.05, 0.1) is 6.04 Å². The van der Waals surface area contributed by atoms with Gasteiger partial charge in [0.25, 0.3) is 0 Å². The molecule has 1 aliphatic heterocycles. The van der Waals surface area contributed by atoms with Gasteiger partial charge in [0.1, 0.15) is 23.2 Å². The van der Waals surface area contributed by atoms with E-state index in [4.69, 9.17) is 9.52 Å². The molecule has 0 spiro atoms. The largest absolute Gasteiger partial charge is 0.480 e. The Morgan fingerprint density at radius 2 is 2.21 bits per heavy atom. The molecule has 2 N–H and O–H groups in total. The molecule has 2 unspecified atom stereocenters. The molecule has 1 saturated heterocycles. The molecular formula is C14H14FNO3. The first-order chi connectivity index (χ1) is 9.13. The lowest BCUT2D eigenvalue weighted by atomic mass is 9.97. The molecule has 0 amide bonds. The summed E-state index contributed by atoms with van der Waals surface area (Å²) in [5.74, 6) is -0.474. The number of nitrogens with one attached hydrogen (secondary N) is 1. The molecule has 0 saturated carbocycles. The summed E-state index contributed by atoms with van der Waals surface area (Å²) < 4.78 is 18.8. The summed E-state index contributed by atoms with van der Waals surface area (Å²) in [6.45, 7) is 0. The fourth-order valence-electron chi connectivity index (χ4n) is 2.56. The molecule has 1 aromatic heterocycles. The van der Waals surface area contributed by atoms with Crippen LogP contribution in [0.4, 0.5) is 4.39 Å². The number of carboxylic acids is 1. The van der Waals surface area contributed by atoms with Crippen molar-refractivity contribution in [3.63, 3.8) is 0 Å². The maximum Gasteiger partial charge on any atom is 0.320 e. The van der Waals surface area contributed by atoms with Gasteiger partial charge in [-0.15, -0.1) is 0 Å². The van der Waals surface area contributed by atoms with Crippen LogP contribution in [-0.2, 0) is 4.79 Å². The molecule has 1 fully saturated rings. The first-order valence-corrected chi connectivity index (χ1v) is 6.31. The fourth-order valence-corrected chi connectivity index (χ4v) is 2.56. The highest BCUT2D eigenvalue weighted by Crippen LogP contribution is 2.30. The number of furan rings is 1. The van der Waals surface area contributed by atoms with Crippen LogP contribution in [0.1, 0.15) is 31.1 Å². The lowest BCUT2D eigenvalue weighted by Gasteiger charge is -2.26. The summed E-state index contributed by atoms with van der Waals surface area (Å²) in [5, 5.41) is 12.8. The fraction of sp³-hybridized carbons (Fsp3) is 0.357. The second kappa shape index (κ2) is 4.66. The van der Waals surface area contributed by atoms with Crippen LogP contribution < -0.4 is 5.32 Å². The minimum Gasteiger partial charge on any atom is -0.480 e. The van der Waals surface area contributed by atoms with Crippen LogP contribution in [0.15, 0.2) is 28.7 Å². The molecular weight excluding hydrogens is 249 g/mol. The Balaban J connectivity index is 1.89. The van der Waals surface area contributed by atoms with Crippen LogP contribution in [0.25, 0.3) is 11.0 Å². The number of benzene rings is 1. The van der Waals surface area contributed by atoms with Crippen LogP contribution in [0, 0.1) is 5.82 Å². The number of hydrogen-bond donors (Lipinski definition) is 2. The molecule has 3 rings (SSSR count). The van der Waals surface area contributed by atoms with Gasteiger partial charge in [0, 0.05) is 5.39 Å². The van der Waals surface area contributed by atoms with Gasteiger partial charge in [0.2, 0.25) is 0 Å². The molecule has 0 bridgehead atoms. The topological polar surface area (TPSA) is 62.5 Å². The highest BCUT2D eigenvalue weighted by atomic mass is 19.1. The number of carbonyl (C=O) groups is 1. The number of piperidine rings is 1. The standard InChI is InChI=1S/C14H14FNO3/c15-9-4-5-12-8(6-9)7-13(19-12)10-2-1-3-11(16-10)14(17)18/h4-7,10-11,16H,1-3H2,(H,17,18). The first kappa shape index (κ1) is 12.2. The van der Waals surface area contributed by atoms with Gasteiger partial charge < -0.3 is 9.52 Å². The van der Waals surface area contributed by atoms with Gasteiger partial charge in [-0.3, -0.25) is 10.1 Å². The highest BCUT2D eigenvalue weighted by molar-refractivity contribution is 5.78. The average Bonchev–Trinajstić information content (AvgIpc) is 2.81. The molecule has 2 aromatic rings. The summed E-state index contributed by atoms with van der Waals surface area (Å²) in [4.78, 5) is 11.0. The van der Waals surface area contributed by atoms with Gasteiger partial charge in [0.15, 0.2) is 0 Å². The minimum atomic E-state index is -0.841. The highest BCUT2D eigenvalue weighted by Gasteiger charge is 2.28. The van der Waals surface area contributed by atoms with Crippen molar-refractivity contribution >= 4 is 16.9 Å². The number of aliphatic carboxylic acids is 1. The maximum atomic E-state index is 13.1. The Morgan fingerprint density at radius 1 is 1.37 bits per heavy atom. The number of fused-ring (bicyclic) bond motifs is 1. The predicted molar refractivity (Wildman–Crippen MR) is 67.3 cm³/mol. The van der Waals surface area contributed by atoms with Crippen molar-refractivity contribution < 1.29 is 18.7 Å². The first-order valence-electron chi connectivity index (χ1n) is 6.31. The second-order valence-electron chi connectivity index (χ2n) is 4.87. The maximum absolute atomic E-state index is 13.1. The van der Waals surface area contributed by atoms with Crippen LogP contribution in [0.2, 0.25) is 0 Å². The third kappa shape index (κ3) is 2.33. The zero-order chi connectivity index (χ0) is 13.4. The van der Waals surface area contributed by atoms with Crippen molar-refractivity contribution in [2.45, 2.75) is 31.3 Å². The SMILES string of the molecule is O=C(O)C1CCCC(c2cc3cc(F)ccc3o2)N1. The third-order valence-corrected chi connectivity index (χ3v) is 3.53. The van der Waals surface area contributed by atoms with E-state index in [1.165, 1.54) is 12.1 Å². The predicted octanol–water partition coefficient (Wildman–Crippen LogP) is 2.84. The normalized spacial score (nSPS) is 23.6. The summed E-state index contributed by atoms with van der Waals surface area (Å²) in [6, 6.07) is 5.48. The summed E-state index contributed by atoms with van der Waals surface area (Å²) in [7, 11) is 0. The van der Waals surface area contributed by atoms with E-state index in [9.17, 15) is 9.18 Å². The molecule has 0 radical (unpaired) electrons. The molecule has 4 nitrogen and oxygen atoms in total. The third-order valence-electron chi connectivity index (χ3n) is 3.53. The molecule has 1 aromatic carbocycles. The zero-order valence-electron chi connectivity index (χ0n) is 10.2. The Labute approximate surface area is 109 Å². The lowest BCUT2D eigenvalue weighted by molar-refractivity contribution is -0.140. The van der Waals surface area contributed by atoms with Crippen LogP contribution in [0.3, 0.4) is 0 Å². The molecule has 2 heterocycles. The van der Waals surface area contributed by atoms with Gasteiger partial charge >= 0.3 is 5.97 Å². The Kier molecular flexibility index (Phi) is 2.98. The second-order valence-corrected chi connectivity index (χ2v) is 4.87. The van der Waals surface area contributed by atoms with E-state index in [1.807, 2.05) is 0 Å². The molecule has 5 heteroatoms. The summed E-state index contributed by atoms with van der Waals surface area (Å²) in [5.41, 5.74) is 0.621. The van der Waals surface area contributed by atoms with Gasteiger partial charge in [-0.2, -0.15) is 0 Å². The van der Waals surface area contributed by atoms with Crippen molar-refractivity contribution in [2.75, 3.05) is 0 Å². The summed E-state index contributed by atoms with van der Waals surface area (Å²) in [6.07, 6.45) is 2.28. The lowest BCUT2D eigenvalue weighted by Crippen LogP contribution is -2.42. The van der Waals surface area contributed by atoms with Gasteiger partial charge in [-0.1, -0.05) is 0 Å². The van der Waals surface area contributed by atoms with Crippen molar-refractivity contribution in [2.24, 2.45) is 0 Å². The van der Waals surface area contributed by atoms with Crippen molar-refractivity contribution in [1.29, 1.82) is 0 Å². The van der Waals surface area contributed by atoms with E-state index < -0.39 is 12.0 Å². The quantitative estimate of drug-likeness (QED) is 0.874. The number of halogens is 1. The molecule has 19 heavy (non-hydrogen) atoms. The van der Waals surface area contributed by atoms with E-state index >= 15 is 0 Å². The van der Waals surface area contributed by atoms with E-state index in [1.54, 1.807) is 12.1 Å². The van der Waals surface area contributed by atoms with Crippen molar-refractivity contribution in [1.82, 2.24) is 5.32 Å². The van der Waals surface area contributed by atoms with Crippen LogP contribution >= 0.6 is 0 Å². The number of carboxylic acid groups (broad SMARTS) is 1. The van der Waals surface area contributed by atoms with Crippen LogP contribution in [-0.4, -0.2) is 17.1 Å². The Morgan fingerprint density at radius 3 is 3.00 bits per heavy atom. The van der Waals surface area contributed by atoms with Gasteiger partial charge in [-0.25, -0.2) is 4.39 Å². The molecule has 1 aliphatic rings. The zero-order valence-corrected chi connectivity index (χ0v) is 10.2. The van der Waals surface area contributed by atoms with E-state index in [0.717, 1.165) is 12.8 Å². The smallest absolute Gasteiger partial charge is 0.320 e. The van der Waals surface area contributed by atoms with Crippen molar-refractivity contribution in [3.8, 4) is 0 Å². The van der Waals surface area contributed by atoms with Gasteiger partial charge in [-0.05, 0) is 43.5 Å². The molecule has 2 atom stereocenters. The molecule has 100 valence electrons. The molecule has 0 aliphatic carbocycles. The average molecular weight is 263 g/mol. The Hall–Kier alpha value is -1.88. The summed E-state index contributed by atoms with van der Waals surface area (Å²) >= 11 is 0. The number of rotatable bonds is 2. The number of hydrogen-bond acceptors (Lipinski definition) is 3. The Bertz CT molecular complexity index is 622. The monoisotopic (exact) mass is 263 g/mol. The van der Waals surface area contributed by atoms with Crippen LogP contribution in [0.5, 0.6) is 0 Å². The minimum absolute atomic E-state index is 0.120. The van der Waals surface area contributed by atoms with Crippen molar-refractivity contribution in [3.05, 3.63) is 35.8 Å².